The number of hydrogen-bond donors (Lipinski definition) is 0. The highest BCUT2D eigenvalue weighted by atomic mass is 35.5. The van der Waals surface area contributed by atoms with Gasteiger partial charge in [-0.25, -0.2) is 4.79 Å². The molecule has 0 aliphatic heterocycles. The molecule has 0 saturated carbocycles. The minimum Gasteiger partial charge on any atom is -0.496 e. The van der Waals surface area contributed by atoms with E-state index in [0.717, 1.165) is 27.1 Å². The van der Waals surface area contributed by atoms with Crippen molar-refractivity contribution in [2.45, 2.75) is 6.92 Å². The van der Waals surface area contributed by atoms with E-state index >= 15 is 0 Å². The Balaban J connectivity index is 2.09. The molecule has 0 atom stereocenters. The van der Waals surface area contributed by atoms with E-state index < -0.39 is 0 Å². The largest absolute Gasteiger partial charge is 0.496 e. The Bertz CT molecular complexity index is 1060. The molecule has 3 aromatic rings. The van der Waals surface area contributed by atoms with Crippen molar-refractivity contribution in [1.29, 1.82) is 0 Å². The molecule has 2 aromatic carbocycles. The van der Waals surface area contributed by atoms with Crippen LogP contribution in [-0.2, 0) is 14.3 Å². The number of carbonyl (C=O) groups is 1. The number of benzene rings is 2. The summed E-state index contributed by atoms with van der Waals surface area (Å²) in [6.45, 7) is 2.29. The predicted molar refractivity (Wildman–Crippen MR) is 125 cm³/mol. The van der Waals surface area contributed by atoms with Crippen LogP contribution in [0.1, 0.15) is 11.8 Å². The second-order valence-corrected chi connectivity index (χ2v) is 7.74. The number of methoxy groups -OCH3 is 2. The Morgan fingerprint density at radius 2 is 1.87 bits per heavy atom. The molecule has 0 aliphatic carbocycles. The first-order valence-electron chi connectivity index (χ1n) is 9.59. The monoisotopic (exact) mass is 458 g/mol. The normalized spacial score (nSPS) is 11.0. The van der Waals surface area contributed by atoms with Crippen LogP contribution in [0.4, 0.5) is 0 Å². The molecule has 0 aliphatic rings. The van der Waals surface area contributed by atoms with Crippen molar-refractivity contribution >= 4 is 35.0 Å². The van der Waals surface area contributed by atoms with Gasteiger partial charge >= 0.3 is 5.97 Å². The van der Waals surface area contributed by atoms with Gasteiger partial charge < -0.3 is 18.9 Å². The molecule has 31 heavy (non-hydrogen) atoms. The van der Waals surface area contributed by atoms with Crippen LogP contribution in [0.25, 0.3) is 28.3 Å². The molecular formula is C24H23ClO5S. The molecule has 0 amide bonds. The molecule has 0 unspecified atom stereocenters. The van der Waals surface area contributed by atoms with Crippen LogP contribution in [0.3, 0.4) is 0 Å². The molecule has 1 heterocycles. The molecule has 3 rings (SSSR count). The van der Waals surface area contributed by atoms with Gasteiger partial charge in [-0.05, 0) is 54.3 Å². The number of rotatable bonds is 9. The standard InChI is InChI=1S/C24H23ClO5S/c1-4-29-23(26)12-11-22-24(19-10-7-17(25)13-21(19)28-3)20(14-31-22)16-5-8-18(9-6-16)30-15-27-2/h5-14H,4,15H2,1-3H3/b12-11+. The number of esters is 1. The van der Waals surface area contributed by atoms with Crippen LogP contribution >= 0.6 is 22.9 Å². The fraction of sp³-hybridized carbons (Fsp3) is 0.208. The topological polar surface area (TPSA) is 54.0 Å². The van der Waals surface area contributed by atoms with Crippen molar-refractivity contribution in [3.8, 4) is 33.8 Å². The van der Waals surface area contributed by atoms with E-state index in [0.29, 0.717) is 23.1 Å². The molecular weight excluding hydrogens is 436 g/mol. The molecule has 1 aromatic heterocycles. The summed E-state index contributed by atoms with van der Waals surface area (Å²) in [6, 6.07) is 13.3. The Morgan fingerprint density at radius 1 is 1.10 bits per heavy atom. The van der Waals surface area contributed by atoms with Crippen LogP contribution < -0.4 is 9.47 Å². The Kier molecular flexibility index (Phi) is 8.12. The molecule has 162 valence electrons. The van der Waals surface area contributed by atoms with Gasteiger partial charge in [0.05, 0.1) is 13.7 Å². The first-order valence-corrected chi connectivity index (χ1v) is 10.9. The van der Waals surface area contributed by atoms with E-state index in [2.05, 4.69) is 5.38 Å². The fourth-order valence-electron chi connectivity index (χ4n) is 3.05. The van der Waals surface area contributed by atoms with Crippen LogP contribution in [0.5, 0.6) is 11.5 Å². The summed E-state index contributed by atoms with van der Waals surface area (Å²) in [4.78, 5) is 12.8. The van der Waals surface area contributed by atoms with Crippen LogP contribution in [0.15, 0.2) is 53.9 Å². The highest BCUT2D eigenvalue weighted by molar-refractivity contribution is 7.12. The molecule has 0 bridgehead atoms. The molecule has 0 N–H and O–H groups in total. The summed E-state index contributed by atoms with van der Waals surface area (Å²) in [5.41, 5.74) is 3.84. The average Bonchev–Trinajstić information content (AvgIpc) is 3.20. The van der Waals surface area contributed by atoms with Crippen molar-refractivity contribution in [1.82, 2.24) is 0 Å². The first kappa shape index (κ1) is 22.9. The lowest BCUT2D eigenvalue weighted by Crippen LogP contribution is -1.98. The quantitative estimate of drug-likeness (QED) is 0.214. The molecule has 0 fully saturated rings. The number of thiophene rings is 1. The van der Waals surface area contributed by atoms with Gasteiger partial charge in [0.25, 0.3) is 0 Å². The van der Waals surface area contributed by atoms with E-state index in [9.17, 15) is 4.79 Å². The van der Waals surface area contributed by atoms with Gasteiger partial charge in [-0.15, -0.1) is 11.3 Å². The SMILES string of the molecule is CCOC(=O)/C=C/c1scc(-c2ccc(OCOC)cc2)c1-c1ccc(Cl)cc1OC. The third-order valence-corrected chi connectivity index (χ3v) is 5.60. The molecule has 5 nitrogen and oxygen atoms in total. The summed E-state index contributed by atoms with van der Waals surface area (Å²) < 4.78 is 21.0. The molecule has 0 spiro atoms. The third kappa shape index (κ3) is 5.67. The zero-order valence-electron chi connectivity index (χ0n) is 17.5. The fourth-order valence-corrected chi connectivity index (χ4v) is 4.19. The number of carbonyl (C=O) groups excluding carboxylic acids is 1. The van der Waals surface area contributed by atoms with Gasteiger partial charge in [-0.2, -0.15) is 0 Å². The smallest absolute Gasteiger partial charge is 0.330 e. The number of halogens is 1. The molecule has 7 heteroatoms. The average molecular weight is 459 g/mol. The lowest BCUT2D eigenvalue weighted by Gasteiger charge is -2.12. The van der Waals surface area contributed by atoms with Gasteiger partial charge in [0, 0.05) is 39.8 Å². The summed E-state index contributed by atoms with van der Waals surface area (Å²) in [5.74, 6) is 0.984. The van der Waals surface area contributed by atoms with E-state index in [1.165, 1.54) is 17.4 Å². The van der Waals surface area contributed by atoms with E-state index in [1.807, 2.05) is 36.4 Å². The van der Waals surface area contributed by atoms with E-state index in [-0.39, 0.29) is 12.8 Å². The van der Waals surface area contributed by atoms with Crippen LogP contribution in [-0.4, -0.2) is 33.6 Å². The summed E-state index contributed by atoms with van der Waals surface area (Å²) in [7, 11) is 3.19. The highest BCUT2D eigenvalue weighted by Crippen LogP contribution is 2.44. The molecule has 0 saturated heterocycles. The predicted octanol–water partition coefficient (Wildman–Crippen LogP) is 6.30. The third-order valence-electron chi connectivity index (χ3n) is 4.42. The highest BCUT2D eigenvalue weighted by Gasteiger charge is 2.18. The second-order valence-electron chi connectivity index (χ2n) is 6.39. The van der Waals surface area contributed by atoms with Crippen molar-refractivity contribution in [3.05, 3.63) is 63.8 Å². The van der Waals surface area contributed by atoms with Gasteiger partial charge in [-0.3, -0.25) is 0 Å². The van der Waals surface area contributed by atoms with Gasteiger partial charge in [0.2, 0.25) is 0 Å². The maximum Gasteiger partial charge on any atom is 0.330 e. The number of ether oxygens (including phenoxy) is 4. The maximum atomic E-state index is 11.9. The van der Waals surface area contributed by atoms with Gasteiger partial charge in [0.1, 0.15) is 11.5 Å². The second kappa shape index (κ2) is 11.0. The van der Waals surface area contributed by atoms with Crippen LogP contribution in [0.2, 0.25) is 5.02 Å². The lowest BCUT2D eigenvalue weighted by atomic mass is 9.96. The minimum atomic E-state index is -0.383. The molecule has 0 radical (unpaired) electrons. The zero-order chi connectivity index (χ0) is 22.2. The van der Waals surface area contributed by atoms with E-state index in [4.69, 9.17) is 30.5 Å². The van der Waals surface area contributed by atoms with Crippen molar-refractivity contribution in [2.24, 2.45) is 0 Å². The summed E-state index contributed by atoms with van der Waals surface area (Å²) in [6.07, 6.45) is 3.21. The summed E-state index contributed by atoms with van der Waals surface area (Å²) >= 11 is 7.71. The first-order chi connectivity index (χ1) is 15.1. The maximum absolute atomic E-state index is 11.9. The Morgan fingerprint density at radius 3 is 2.55 bits per heavy atom. The van der Waals surface area contributed by atoms with Crippen LogP contribution in [0, 0.1) is 0 Å². The zero-order valence-corrected chi connectivity index (χ0v) is 19.1. The number of hydrogen-bond acceptors (Lipinski definition) is 6. The van der Waals surface area contributed by atoms with Gasteiger partial charge in [0.15, 0.2) is 6.79 Å². The lowest BCUT2D eigenvalue weighted by molar-refractivity contribution is -0.137. The van der Waals surface area contributed by atoms with Crippen molar-refractivity contribution in [2.75, 3.05) is 27.6 Å². The van der Waals surface area contributed by atoms with Crippen molar-refractivity contribution < 1.29 is 23.7 Å². The summed E-state index contributed by atoms with van der Waals surface area (Å²) in [5, 5.41) is 2.64. The Hall–Kier alpha value is -2.80. The van der Waals surface area contributed by atoms with Gasteiger partial charge in [-0.1, -0.05) is 23.7 Å². The van der Waals surface area contributed by atoms with Crippen molar-refractivity contribution in [3.63, 3.8) is 0 Å². The minimum absolute atomic E-state index is 0.188. The Labute approximate surface area is 190 Å². The van der Waals surface area contributed by atoms with E-state index in [1.54, 1.807) is 33.3 Å².